The predicted molar refractivity (Wildman–Crippen MR) is 71.8 cm³/mol. The molecule has 0 saturated heterocycles. The number of halogens is 2. The summed E-state index contributed by atoms with van der Waals surface area (Å²) < 4.78 is 0. The molecular formula is C13H9Cl2Si. The van der Waals surface area contributed by atoms with Gasteiger partial charge in [-0.3, -0.25) is 0 Å². The fraction of sp³-hybridized carbons (Fsp3) is 0.0769. The molecule has 0 heterocycles. The van der Waals surface area contributed by atoms with Crippen molar-refractivity contribution in [2.45, 2.75) is 6.42 Å². The fourth-order valence-electron chi connectivity index (χ4n) is 2.33. The third-order valence-corrected chi connectivity index (χ3v) is 5.15. The lowest BCUT2D eigenvalue weighted by atomic mass is 10.1. The standard InChI is InChI=1S/C13H9Cl2Si/c14-16(15)13-7-3-6-11-10-5-2-1-4-9(10)8-12(11)13/h1-7H,8H2. The molecule has 1 aliphatic carbocycles. The molecule has 0 fully saturated rings. The number of fused-ring (bicyclic) bond motifs is 3. The van der Waals surface area contributed by atoms with Gasteiger partial charge in [-0.1, -0.05) is 42.5 Å². The third-order valence-electron chi connectivity index (χ3n) is 3.05. The van der Waals surface area contributed by atoms with Gasteiger partial charge in [-0.15, -0.1) is 22.2 Å². The minimum absolute atomic E-state index is 0.968. The second-order valence-electron chi connectivity index (χ2n) is 3.93. The van der Waals surface area contributed by atoms with E-state index >= 15 is 0 Å². The molecule has 3 rings (SSSR count). The smallest absolute Gasteiger partial charge is 0.140 e. The molecule has 3 heteroatoms. The highest BCUT2D eigenvalue weighted by Gasteiger charge is 2.23. The minimum atomic E-state index is -1.41. The van der Waals surface area contributed by atoms with Gasteiger partial charge in [-0.2, -0.15) is 0 Å². The molecule has 2 aromatic carbocycles. The quantitative estimate of drug-likeness (QED) is 0.466. The van der Waals surface area contributed by atoms with Gasteiger partial charge in [0.05, 0.1) is 0 Å². The molecule has 0 spiro atoms. The number of benzene rings is 2. The van der Waals surface area contributed by atoms with Crippen LogP contribution in [-0.4, -0.2) is 7.42 Å². The topological polar surface area (TPSA) is 0 Å². The molecule has 0 atom stereocenters. The molecule has 0 aromatic heterocycles. The molecule has 2 aromatic rings. The zero-order chi connectivity index (χ0) is 11.1. The van der Waals surface area contributed by atoms with Gasteiger partial charge in [-0.05, 0) is 33.9 Å². The molecule has 0 unspecified atom stereocenters. The lowest BCUT2D eigenvalue weighted by Gasteiger charge is -2.06. The second kappa shape index (κ2) is 3.92. The highest BCUT2D eigenvalue weighted by atomic mass is 35.7. The Hall–Kier alpha value is -0.763. The van der Waals surface area contributed by atoms with E-state index in [4.69, 9.17) is 22.2 Å². The van der Waals surface area contributed by atoms with Crippen LogP contribution in [0.5, 0.6) is 0 Å². The first-order valence-electron chi connectivity index (χ1n) is 5.16. The first kappa shape index (κ1) is 10.4. The Morgan fingerprint density at radius 2 is 1.62 bits per heavy atom. The van der Waals surface area contributed by atoms with Crippen LogP contribution in [0.1, 0.15) is 11.1 Å². The highest BCUT2D eigenvalue weighted by molar-refractivity contribution is 7.39. The van der Waals surface area contributed by atoms with Gasteiger partial charge in [0.25, 0.3) is 0 Å². The van der Waals surface area contributed by atoms with Crippen LogP contribution < -0.4 is 5.19 Å². The number of hydrogen-bond donors (Lipinski definition) is 0. The predicted octanol–water partition coefficient (Wildman–Crippen LogP) is 3.43. The highest BCUT2D eigenvalue weighted by Crippen LogP contribution is 2.35. The van der Waals surface area contributed by atoms with Gasteiger partial charge < -0.3 is 0 Å². The summed E-state index contributed by atoms with van der Waals surface area (Å²) in [6, 6.07) is 14.8. The fourth-order valence-corrected chi connectivity index (χ4v) is 4.07. The molecule has 0 nitrogen and oxygen atoms in total. The van der Waals surface area contributed by atoms with Gasteiger partial charge in [0.1, 0.15) is 0 Å². The minimum Gasteiger partial charge on any atom is -0.140 e. The van der Waals surface area contributed by atoms with Crippen molar-refractivity contribution in [3.63, 3.8) is 0 Å². The average molecular weight is 264 g/mol. The molecule has 79 valence electrons. The Kier molecular flexibility index (Phi) is 2.54. The van der Waals surface area contributed by atoms with E-state index < -0.39 is 7.42 Å². The Bertz CT molecular complexity index is 549. The van der Waals surface area contributed by atoms with Crippen LogP contribution in [-0.2, 0) is 6.42 Å². The van der Waals surface area contributed by atoms with Gasteiger partial charge in [0.15, 0.2) is 0 Å². The van der Waals surface area contributed by atoms with Gasteiger partial charge >= 0.3 is 7.42 Å². The van der Waals surface area contributed by atoms with E-state index in [1.165, 1.54) is 22.3 Å². The summed E-state index contributed by atoms with van der Waals surface area (Å²) in [5.74, 6) is 0. The van der Waals surface area contributed by atoms with E-state index in [1.54, 1.807) is 0 Å². The van der Waals surface area contributed by atoms with Crippen molar-refractivity contribution in [2.75, 3.05) is 0 Å². The maximum atomic E-state index is 6.10. The molecule has 0 bridgehead atoms. The van der Waals surface area contributed by atoms with Crippen molar-refractivity contribution in [1.29, 1.82) is 0 Å². The van der Waals surface area contributed by atoms with Crippen LogP contribution in [0.15, 0.2) is 42.5 Å². The molecule has 1 radical (unpaired) electrons. The van der Waals surface area contributed by atoms with E-state index in [0.29, 0.717) is 0 Å². The summed E-state index contributed by atoms with van der Waals surface area (Å²) >= 11 is 12.2. The monoisotopic (exact) mass is 263 g/mol. The summed E-state index contributed by atoms with van der Waals surface area (Å²) in [5.41, 5.74) is 5.33. The van der Waals surface area contributed by atoms with Crippen molar-refractivity contribution < 1.29 is 0 Å². The average Bonchev–Trinajstić information content (AvgIpc) is 2.67. The van der Waals surface area contributed by atoms with Crippen molar-refractivity contribution in [2.24, 2.45) is 0 Å². The van der Waals surface area contributed by atoms with Crippen LogP contribution in [0.4, 0.5) is 0 Å². The largest absolute Gasteiger partial charge is 0.307 e. The molecule has 0 amide bonds. The molecular weight excluding hydrogens is 255 g/mol. The third kappa shape index (κ3) is 1.51. The Balaban J connectivity index is 2.24. The van der Waals surface area contributed by atoms with Crippen LogP contribution in [0.25, 0.3) is 11.1 Å². The maximum Gasteiger partial charge on any atom is 0.307 e. The summed E-state index contributed by atoms with van der Waals surface area (Å²) in [6.45, 7) is 0. The summed E-state index contributed by atoms with van der Waals surface area (Å²) in [5, 5.41) is 1.14. The van der Waals surface area contributed by atoms with E-state index in [-0.39, 0.29) is 0 Å². The van der Waals surface area contributed by atoms with Crippen LogP contribution in [0, 0.1) is 0 Å². The zero-order valence-corrected chi connectivity index (χ0v) is 11.0. The van der Waals surface area contributed by atoms with Crippen molar-refractivity contribution >= 4 is 34.8 Å². The SMILES string of the molecule is Cl[Si](Cl)c1cccc2c1Cc1ccccc1-2. The number of rotatable bonds is 1. The molecule has 0 N–H and O–H groups in total. The molecule has 0 saturated carbocycles. The van der Waals surface area contributed by atoms with Crippen LogP contribution in [0.2, 0.25) is 0 Å². The van der Waals surface area contributed by atoms with Gasteiger partial charge in [0.2, 0.25) is 0 Å². The Morgan fingerprint density at radius 3 is 2.44 bits per heavy atom. The zero-order valence-electron chi connectivity index (χ0n) is 8.50. The first-order valence-corrected chi connectivity index (χ1v) is 8.68. The molecule has 0 aliphatic heterocycles. The van der Waals surface area contributed by atoms with E-state index in [0.717, 1.165) is 11.6 Å². The Morgan fingerprint density at radius 1 is 0.875 bits per heavy atom. The van der Waals surface area contributed by atoms with E-state index in [9.17, 15) is 0 Å². The van der Waals surface area contributed by atoms with Gasteiger partial charge in [0, 0.05) is 0 Å². The van der Waals surface area contributed by atoms with Crippen LogP contribution >= 0.6 is 22.2 Å². The van der Waals surface area contributed by atoms with Gasteiger partial charge in [-0.25, -0.2) is 0 Å². The lowest BCUT2D eigenvalue weighted by Crippen LogP contribution is -2.22. The van der Waals surface area contributed by atoms with Crippen molar-refractivity contribution in [1.82, 2.24) is 0 Å². The normalized spacial score (nSPS) is 12.7. The molecule has 1 aliphatic rings. The molecule has 16 heavy (non-hydrogen) atoms. The van der Waals surface area contributed by atoms with Crippen LogP contribution in [0.3, 0.4) is 0 Å². The lowest BCUT2D eigenvalue weighted by molar-refractivity contribution is 1.28. The van der Waals surface area contributed by atoms with E-state index in [2.05, 4.69) is 36.4 Å². The summed E-state index contributed by atoms with van der Waals surface area (Å²) in [6.07, 6.45) is 0.968. The summed E-state index contributed by atoms with van der Waals surface area (Å²) in [4.78, 5) is 0. The maximum absolute atomic E-state index is 6.10. The van der Waals surface area contributed by atoms with E-state index in [1.807, 2.05) is 6.07 Å². The number of hydrogen-bond acceptors (Lipinski definition) is 0. The summed E-state index contributed by atoms with van der Waals surface area (Å²) in [7, 11) is -1.41. The second-order valence-corrected chi connectivity index (χ2v) is 7.83. The van der Waals surface area contributed by atoms with Crippen molar-refractivity contribution in [3.8, 4) is 11.1 Å². The first-order chi connectivity index (χ1) is 7.77. The Labute approximate surface area is 106 Å². The van der Waals surface area contributed by atoms with Crippen molar-refractivity contribution in [3.05, 3.63) is 53.6 Å².